The van der Waals surface area contributed by atoms with Crippen molar-refractivity contribution in [3.8, 4) is 0 Å². The lowest BCUT2D eigenvalue weighted by molar-refractivity contribution is 0.367. The molecule has 1 unspecified atom stereocenters. The lowest BCUT2D eigenvalue weighted by atomic mass is 9.92. The van der Waals surface area contributed by atoms with E-state index in [-0.39, 0.29) is 5.54 Å². The molecule has 0 spiro atoms. The summed E-state index contributed by atoms with van der Waals surface area (Å²) >= 11 is 8.09. The second-order valence-corrected chi connectivity index (χ2v) is 7.82. The molecule has 1 atom stereocenters. The van der Waals surface area contributed by atoms with E-state index in [2.05, 4.69) is 55.0 Å². The van der Waals surface area contributed by atoms with Crippen molar-refractivity contribution < 1.29 is 0 Å². The van der Waals surface area contributed by atoms with Crippen LogP contribution in [0.5, 0.6) is 0 Å². The predicted octanol–water partition coefficient (Wildman–Crippen LogP) is 5.19. The summed E-state index contributed by atoms with van der Waals surface area (Å²) in [7, 11) is 0. The second kappa shape index (κ2) is 7.44. The number of hydrogen-bond acceptors (Lipinski definition) is 2. The van der Waals surface area contributed by atoms with Gasteiger partial charge in [0.1, 0.15) is 0 Å². The molecule has 3 heteroatoms. The molecule has 1 aromatic carbocycles. The first kappa shape index (κ1) is 16.5. The summed E-state index contributed by atoms with van der Waals surface area (Å²) in [5.41, 5.74) is 2.82. The van der Waals surface area contributed by atoms with Gasteiger partial charge in [-0.2, -0.15) is 11.3 Å². The van der Waals surface area contributed by atoms with Crippen LogP contribution in [-0.2, 0) is 12.8 Å². The molecule has 0 aliphatic rings. The Kier molecular flexibility index (Phi) is 5.86. The zero-order valence-corrected chi connectivity index (χ0v) is 14.6. The molecule has 0 fully saturated rings. The third-order valence-corrected chi connectivity index (χ3v) is 4.59. The number of nitrogens with one attached hydrogen (secondary N) is 1. The van der Waals surface area contributed by atoms with E-state index in [9.17, 15) is 0 Å². The maximum Gasteiger partial charge on any atom is 0.0438 e. The van der Waals surface area contributed by atoms with E-state index < -0.39 is 0 Å². The highest BCUT2D eigenvalue weighted by Crippen LogP contribution is 2.22. The Bertz CT molecular complexity index is 543. The van der Waals surface area contributed by atoms with Gasteiger partial charge in [0.05, 0.1) is 0 Å². The molecule has 0 radical (unpaired) electrons. The third kappa shape index (κ3) is 5.82. The average Bonchev–Trinajstić information content (AvgIpc) is 2.90. The monoisotopic (exact) mass is 321 g/mol. The fourth-order valence-electron chi connectivity index (χ4n) is 2.38. The molecule has 0 saturated heterocycles. The molecule has 0 saturated carbocycles. The number of hydrogen-bond donors (Lipinski definition) is 1. The fourth-order valence-corrected chi connectivity index (χ4v) is 3.28. The molecule has 1 nitrogen and oxygen atoms in total. The van der Waals surface area contributed by atoms with Gasteiger partial charge in [0, 0.05) is 10.6 Å². The maximum absolute atomic E-state index is 6.32. The van der Waals surface area contributed by atoms with Crippen LogP contribution < -0.4 is 5.32 Å². The zero-order valence-electron chi connectivity index (χ0n) is 13.0. The zero-order chi connectivity index (χ0) is 15.3. The Hall–Kier alpha value is -0.830. The summed E-state index contributed by atoms with van der Waals surface area (Å²) in [5.74, 6) is 0.554. The minimum absolute atomic E-state index is 0.146. The van der Waals surface area contributed by atoms with Gasteiger partial charge >= 0.3 is 0 Å². The van der Waals surface area contributed by atoms with Crippen LogP contribution in [0, 0.1) is 5.92 Å². The van der Waals surface area contributed by atoms with Crippen LogP contribution in [0.25, 0.3) is 0 Å². The maximum atomic E-state index is 6.32. The molecule has 1 aromatic heterocycles. The van der Waals surface area contributed by atoms with Crippen LogP contribution in [0.4, 0.5) is 0 Å². The van der Waals surface area contributed by atoms with E-state index in [1.54, 1.807) is 11.3 Å². The molecule has 1 heterocycles. The molecule has 2 rings (SSSR count). The minimum Gasteiger partial charge on any atom is -0.312 e. The van der Waals surface area contributed by atoms with Gasteiger partial charge < -0.3 is 5.32 Å². The quantitative estimate of drug-likeness (QED) is 0.772. The number of rotatable bonds is 6. The largest absolute Gasteiger partial charge is 0.312 e. The highest BCUT2D eigenvalue weighted by molar-refractivity contribution is 7.07. The SMILES string of the molecule is CC(C)(C)NCC(Cc1ccsc1)Cc1ccccc1Cl. The molecule has 0 bridgehead atoms. The Morgan fingerprint density at radius 2 is 1.90 bits per heavy atom. The van der Waals surface area contributed by atoms with Crippen molar-refractivity contribution in [1.82, 2.24) is 5.32 Å². The number of halogens is 1. The number of benzene rings is 1. The first-order valence-corrected chi connectivity index (χ1v) is 8.75. The van der Waals surface area contributed by atoms with Crippen molar-refractivity contribution in [2.24, 2.45) is 5.92 Å². The molecule has 0 amide bonds. The van der Waals surface area contributed by atoms with Crippen molar-refractivity contribution in [2.75, 3.05) is 6.54 Å². The summed E-state index contributed by atoms with van der Waals surface area (Å²) in [4.78, 5) is 0. The number of thiophene rings is 1. The molecule has 114 valence electrons. The van der Waals surface area contributed by atoms with Gasteiger partial charge in [-0.05, 0) is 80.1 Å². The van der Waals surface area contributed by atoms with Crippen LogP contribution in [0.2, 0.25) is 5.02 Å². The summed E-state index contributed by atoms with van der Waals surface area (Å²) in [6.07, 6.45) is 2.11. The van der Waals surface area contributed by atoms with Gasteiger partial charge in [-0.1, -0.05) is 29.8 Å². The van der Waals surface area contributed by atoms with Gasteiger partial charge in [-0.15, -0.1) is 0 Å². The molecule has 2 aromatic rings. The van der Waals surface area contributed by atoms with Crippen molar-refractivity contribution >= 4 is 22.9 Å². The Labute approximate surface area is 137 Å². The van der Waals surface area contributed by atoms with E-state index >= 15 is 0 Å². The normalized spacial score (nSPS) is 13.3. The lowest BCUT2D eigenvalue weighted by Gasteiger charge is -2.25. The van der Waals surface area contributed by atoms with E-state index in [0.717, 1.165) is 24.4 Å². The highest BCUT2D eigenvalue weighted by atomic mass is 35.5. The topological polar surface area (TPSA) is 12.0 Å². The molecule has 1 N–H and O–H groups in total. The van der Waals surface area contributed by atoms with Crippen molar-refractivity contribution in [2.45, 2.75) is 39.2 Å². The summed E-state index contributed by atoms with van der Waals surface area (Å²) in [6.45, 7) is 7.64. The summed E-state index contributed by atoms with van der Waals surface area (Å²) in [6, 6.07) is 10.4. The smallest absolute Gasteiger partial charge is 0.0438 e. The van der Waals surface area contributed by atoms with E-state index in [4.69, 9.17) is 11.6 Å². The first-order chi connectivity index (χ1) is 9.94. The second-order valence-electron chi connectivity index (χ2n) is 6.63. The average molecular weight is 322 g/mol. The van der Waals surface area contributed by atoms with Crippen LogP contribution in [0.1, 0.15) is 31.9 Å². The third-order valence-electron chi connectivity index (χ3n) is 3.49. The first-order valence-electron chi connectivity index (χ1n) is 7.43. The van der Waals surface area contributed by atoms with Gasteiger partial charge in [-0.3, -0.25) is 0 Å². The van der Waals surface area contributed by atoms with Gasteiger partial charge in [-0.25, -0.2) is 0 Å². The Morgan fingerprint density at radius 3 is 2.52 bits per heavy atom. The summed E-state index contributed by atoms with van der Waals surface area (Å²) < 4.78 is 0. The van der Waals surface area contributed by atoms with Crippen molar-refractivity contribution in [3.63, 3.8) is 0 Å². The Morgan fingerprint density at radius 1 is 1.14 bits per heavy atom. The van der Waals surface area contributed by atoms with Crippen LogP contribution >= 0.6 is 22.9 Å². The van der Waals surface area contributed by atoms with Crippen LogP contribution in [0.15, 0.2) is 41.1 Å². The summed E-state index contributed by atoms with van der Waals surface area (Å²) in [5, 5.41) is 8.91. The standard InChI is InChI=1S/C18H24ClNS/c1-18(2,3)20-12-15(10-14-8-9-21-13-14)11-16-6-4-5-7-17(16)19/h4-9,13,15,20H,10-12H2,1-3H3. The van der Waals surface area contributed by atoms with E-state index in [1.807, 2.05) is 12.1 Å². The van der Waals surface area contributed by atoms with Gasteiger partial charge in [0.15, 0.2) is 0 Å². The molecular weight excluding hydrogens is 298 g/mol. The molecular formula is C18H24ClNS. The van der Waals surface area contributed by atoms with Crippen LogP contribution in [-0.4, -0.2) is 12.1 Å². The highest BCUT2D eigenvalue weighted by Gasteiger charge is 2.16. The van der Waals surface area contributed by atoms with Crippen LogP contribution in [0.3, 0.4) is 0 Å². The molecule has 0 aliphatic carbocycles. The van der Waals surface area contributed by atoms with Gasteiger partial charge in [0.25, 0.3) is 0 Å². The van der Waals surface area contributed by atoms with Crippen molar-refractivity contribution in [3.05, 3.63) is 57.2 Å². The molecule has 21 heavy (non-hydrogen) atoms. The molecule has 0 aliphatic heterocycles. The lowest BCUT2D eigenvalue weighted by Crippen LogP contribution is -2.40. The van der Waals surface area contributed by atoms with E-state index in [0.29, 0.717) is 5.92 Å². The Balaban J connectivity index is 2.06. The minimum atomic E-state index is 0.146. The fraction of sp³-hybridized carbons (Fsp3) is 0.444. The van der Waals surface area contributed by atoms with E-state index in [1.165, 1.54) is 11.1 Å². The van der Waals surface area contributed by atoms with Crippen molar-refractivity contribution in [1.29, 1.82) is 0 Å². The predicted molar refractivity (Wildman–Crippen MR) is 94.4 cm³/mol. The van der Waals surface area contributed by atoms with Gasteiger partial charge in [0.2, 0.25) is 0 Å².